The predicted octanol–water partition coefficient (Wildman–Crippen LogP) is 3.39. The first kappa shape index (κ1) is 14.6. The van der Waals surface area contributed by atoms with E-state index in [9.17, 15) is 0 Å². The van der Waals surface area contributed by atoms with Crippen LogP contribution in [0.4, 0.5) is 0 Å². The third kappa shape index (κ3) is 3.03. The normalized spacial score (nSPS) is 24.9. The first-order valence-electron chi connectivity index (χ1n) is 7.72. The van der Waals surface area contributed by atoms with Gasteiger partial charge in [-0.1, -0.05) is 6.42 Å². The Balaban J connectivity index is 2.02. The average molecular weight is 263 g/mol. The molecule has 3 heteroatoms. The molecule has 0 amide bonds. The van der Waals surface area contributed by atoms with Gasteiger partial charge in [-0.25, -0.2) is 5.01 Å². The van der Waals surface area contributed by atoms with Gasteiger partial charge in [0.1, 0.15) is 0 Å². The number of rotatable bonds is 4. The Labute approximate surface area is 118 Å². The highest BCUT2D eigenvalue weighted by molar-refractivity contribution is 5.26. The molecule has 2 heterocycles. The molecule has 0 radical (unpaired) electrons. The molecular weight excluding hydrogens is 234 g/mol. The fraction of sp³-hybridized carbons (Fsp3) is 0.750. The van der Waals surface area contributed by atoms with Crippen molar-refractivity contribution < 1.29 is 0 Å². The van der Waals surface area contributed by atoms with Gasteiger partial charge in [0.15, 0.2) is 0 Å². The van der Waals surface area contributed by atoms with E-state index in [2.05, 4.69) is 55.7 Å². The van der Waals surface area contributed by atoms with Gasteiger partial charge in [-0.3, -0.25) is 5.43 Å². The van der Waals surface area contributed by atoms with Crippen LogP contribution in [0.5, 0.6) is 0 Å². The molecule has 1 aliphatic rings. The van der Waals surface area contributed by atoms with Crippen LogP contribution in [0.15, 0.2) is 6.07 Å². The van der Waals surface area contributed by atoms with E-state index in [0.717, 1.165) is 13.1 Å². The van der Waals surface area contributed by atoms with E-state index < -0.39 is 0 Å². The summed E-state index contributed by atoms with van der Waals surface area (Å²) < 4.78 is 2.39. The number of hydrazine groups is 1. The summed E-state index contributed by atoms with van der Waals surface area (Å²) in [5.74, 6) is 0. The molecule has 108 valence electrons. The van der Waals surface area contributed by atoms with Gasteiger partial charge < -0.3 is 4.57 Å². The molecule has 0 spiro atoms. The molecule has 19 heavy (non-hydrogen) atoms. The Kier molecular flexibility index (Phi) is 4.69. The Morgan fingerprint density at radius 3 is 2.37 bits per heavy atom. The highest BCUT2D eigenvalue weighted by Crippen LogP contribution is 2.21. The fourth-order valence-electron chi connectivity index (χ4n) is 3.45. The fourth-order valence-corrected chi connectivity index (χ4v) is 3.45. The van der Waals surface area contributed by atoms with Crippen molar-refractivity contribution in [1.82, 2.24) is 15.0 Å². The largest absolute Gasteiger partial charge is 0.349 e. The maximum absolute atomic E-state index is 3.66. The van der Waals surface area contributed by atoms with E-state index in [0.29, 0.717) is 12.1 Å². The van der Waals surface area contributed by atoms with Crippen LogP contribution in [-0.4, -0.2) is 21.7 Å². The SMILES string of the molecule is CCn1c(C)cc(CNN2C(C)CCCC2C)c1C. The van der Waals surface area contributed by atoms with Crippen LogP contribution in [0.1, 0.15) is 57.0 Å². The lowest BCUT2D eigenvalue weighted by Gasteiger charge is -2.39. The first-order valence-corrected chi connectivity index (χ1v) is 7.72. The quantitative estimate of drug-likeness (QED) is 0.898. The molecular formula is C16H29N3. The monoisotopic (exact) mass is 263 g/mol. The Morgan fingerprint density at radius 1 is 1.21 bits per heavy atom. The Bertz CT molecular complexity index is 412. The highest BCUT2D eigenvalue weighted by atomic mass is 15.5. The van der Waals surface area contributed by atoms with Gasteiger partial charge in [0, 0.05) is 36.6 Å². The first-order chi connectivity index (χ1) is 9.04. The minimum Gasteiger partial charge on any atom is -0.349 e. The molecule has 0 aromatic carbocycles. The second kappa shape index (κ2) is 6.10. The summed E-state index contributed by atoms with van der Waals surface area (Å²) in [7, 11) is 0. The number of nitrogens with one attached hydrogen (secondary N) is 1. The van der Waals surface area contributed by atoms with Crippen LogP contribution >= 0.6 is 0 Å². The number of hydrogen-bond donors (Lipinski definition) is 1. The summed E-state index contributed by atoms with van der Waals surface area (Å²) >= 11 is 0. The molecule has 3 nitrogen and oxygen atoms in total. The van der Waals surface area contributed by atoms with Crippen molar-refractivity contribution in [2.24, 2.45) is 0 Å². The molecule has 2 atom stereocenters. The molecule has 1 aromatic heterocycles. The van der Waals surface area contributed by atoms with Crippen LogP contribution in [0.25, 0.3) is 0 Å². The topological polar surface area (TPSA) is 20.2 Å². The lowest BCUT2D eigenvalue weighted by Crippen LogP contribution is -2.51. The van der Waals surface area contributed by atoms with Gasteiger partial charge in [0.05, 0.1) is 0 Å². The van der Waals surface area contributed by atoms with E-state index in [1.165, 1.54) is 36.2 Å². The molecule has 0 bridgehead atoms. The van der Waals surface area contributed by atoms with Crippen molar-refractivity contribution in [1.29, 1.82) is 0 Å². The van der Waals surface area contributed by atoms with Gasteiger partial charge in [-0.05, 0) is 59.1 Å². The number of hydrogen-bond acceptors (Lipinski definition) is 2. The van der Waals surface area contributed by atoms with Crippen molar-refractivity contribution in [3.05, 3.63) is 23.0 Å². The molecule has 0 aliphatic carbocycles. The van der Waals surface area contributed by atoms with Crippen LogP contribution in [0.3, 0.4) is 0 Å². The van der Waals surface area contributed by atoms with Crippen molar-refractivity contribution >= 4 is 0 Å². The maximum Gasteiger partial charge on any atom is 0.0371 e. The van der Waals surface area contributed by atoms with Gasteiger partial charge in [-0.2, -0.15) is 0 Å². The summed E-state index contributed by atoms with van der Waals surface area (Å²) in [4.78, 5) is 0. The third-order valence-electron chi connectivity index (χ3n) is 4.64. The number of nitrogens with zero attached hydrogens (tertiary/aromatic N) is 2. The Hall–Kier alpha value is -0.800. The minimum atomic E-state index is 0.651. The van der Waals surface area contributed by atoms with E-state index in [1.807, 2.05) is 0 Å². The predicted molar refractivity (Wildman–Crippen MR) is 81.0 cm³/mol. The summed E-state index contributed by atoms with van der Waals surface area (Å²) in [5.41, 5.74) is 7.88. The second-order valence-electron chi connectivity index (χ2n) is 6.01. The van der Waals surface area contributed by atoms with Crippen LogP contribution in [0.2, 0.25) is 0 Å². The van der Waals surface area contributed by atoms with Gasteiger partial charge in [0.25, 0.3) is 0 Å². The zero-order valence-electron chi connectivity index (χ0n) is 13.2. The summed E-state index contributed by atoms with van der Waals surface area (Å²) in [6.45, 7) is 13.3. The number of aromatic nitrogens is 1. The number of piperidine rings is 1. The van der Waals surface area contributed by atoms with Crippen molar-refractivity contribution in [2.45, 2.75) is 79.1 Å². The van der Waals surface area contributed by atoms with Crippen molar-refractivity contribution in [3.8, 4) is 0 Å². The van der Waals surface area contributed by atoms with Crippen LogP contribution in [0, 0.1) is 13.8 Å². The maximum atomic E-state index is 3.66. The van der Waals surface area contributed by atoms with Gasteiger partial charge >= 0.3 is 0 Å². The number of aryl methyl sites for hydroxylation is 1. The van der Waals surface area contributed by atoms with E-state index in [-0.39, 0.29) is 0 Å². The highest BCUT2D eigenvalue weighted by Gasteiger charge is 2.24. The van der Waals surface area contributed by atoms with Gasteiger partial charge in [-0.15, -0.1) is 0 Å². The average Bonchev–Trinajstić information content (AvgIpc) is 2.63. The summed E-state index contributed by atoms with van der Waals surface area (Å²) in [6, 6.07) is 3.63. The van der Waals surface area contributed by atoms with Gasteiger partial charge in [0.2, 0.25) is 0 Å². The Morgan fingerprint density at radius 2 is 1.84 bits per heavy atom. The zero-order chi connectivity index (χ0) is 14.0. The van der Waals surface area contributed by atoms with Crippen LogP contribution < -0.4 is 5.43 Å². The molecule has 0 saturated carbocycles. The summed E-state index contributed by atoms with van der Waals surface area (Å²) in [6.07, 6.45) is 3.99. The standard InChI is InChI=1S/C16H29N3/c1-6-18-14(4)10-16(15(18)5)11-17-19-12(2)8-7-9-13(19)3/h10,12-13,17H,6-9,11H2,1-5H3. The molecule has 2 unspecified atom stereocenters. The molecule has 1 saturated heterocycles. The zero-order valence-corrected chi connectivity index (χ0v) is 13.2. The molecule has 1 N–H and O–H groups in total. The summed E-state index contributed by atoms with van der Waals surface area (Å²) in [5, 5.41) is 2.46. The van der Waals surface area contributed by atoms with E-state index in [4.69, 9.17) is 0 Å². The second-order valence-corrected chi connectivity index (χ2v) is 6.01. The van der Waals surface area contributed by atoms with E-state index >= 15 is 0 Å². The van der Waals surface area contributed by atoms with Crippen molar-refractivity contribution in [2.75, 3.05) is 0 Å². The molecule has 2 rings (SSSR count). The molecule has 1 fully saturated rings. The lowest BCUT2D eigenvalue weighted by molar-refractivity contribution is 0.0435. The molecule has 1 aromatic rings. The lowest BCUT2D eigenvalue weighted by atomic mass is 10.00. The minimum absolute atomic E-state index is 0.651. The van der Waals surface area contributed by atoms with Crippen molar-refractivity contribution in [3.63, 3.8) is 0 Å². The third-order valence-corrected chi connectivity index (χ3v) is 4.64. The smallest absolute Gasteiger partial charge is 0.0371 e. The molecule has 1 aliphatic heterocycles. The van der Waals surface area contributed by atoms with E-state index in [1.54, 1.807) is 0 Å². The van der Waals surface area contributed by atoms with Crippen LogP contribution in [-0.2, 0) is 13.1 Å².